The second-order valence-corrected chi connectivity index (χ2v) is 10.3. The fourth-order valence-electron chi connectivity index (χ4n) is 6.49. The van der Waals surface area contributed by atoms with Crippen LogP contribution in [-0.4, -0.2) is 62.1 Å². The number of carbonyl (C=O) groups is 1. The highest BCUT2D eigenvalue weighted by Gasteiger charge is 2.38. The molecule has 2 N–H and O–H groups in total. The number of benzene rings is 4. The van der Waals surface area contributed by atoms with E-state index in [1.807, 2.05) is 18.2 Å². The van der Waals surface area contributed by atoms with Crippen LogP contribution in [-0.2, 0) is 13.0 Å². The van der Waals surface area contributed by atoms with Crippen molar-refractivity contribution < 1.29 is 34.0 Å². The zero-order valence-electron chi connectivity index (χ0n) is 22.4. The summed E-state index contributed by atoms with van der Waals surface area (Å²) in [6.45, 7) is 1.57. The van der Waals surface area contributed by atoms with Gasteiger partial charge in [0, 0.05) is 19.1 Å². The molecule has 2 atom stereocenters. The van der Waals surface area contributed by atoms with Gasteiger partial charge in [0.25, 0.3) is 0 Å². The zero-order chi connectivity index (χ0) is 27.4. The third-order valence-corrected chi connectivity index (χ3v) is 8.40. The average molecular weight is 530 g/mol. The van der Waals surface area contributed by atoms with E-state index in [1.54, 1.807) is 34.5 Å². The smallest absolute Gasteiger partial charge is 0.339 e. The molecule has 202 valence electrons. The molecule has 0 bridgehead atoms. The summed E-state index contributed by atoms with van der Waals surface area (Å²) in [4.78, 5) is 14.1. The van der Waals surface area contributed by atoms with Gasteiger partial charge in [0.05, 0.1) is 28.4 Å². The van der Waals surface area contributed by atoms with Crippen molar-refractivity contribution in [1.82, 2.24) is 4.90 Å². The van der Waals surface area contributed by atoms with Crippen molar-refractivity contribution in [2.45, 2.75) is 31.3 Å². The summed E-state index contributed by atoms with van der Waals surface area (Å²) in [7, 11) is 6.58. The Kier molecular flexibility index (Phi) is 6.14. The molecular weight excluding hydrogens is 498 g/mol. The third-order valence-electron chi connectivity index (χ3n) is 8.40. The summed E-state index contributed by atoms with van der Waals surface area (Å²) in [5.74, 6) is 1.54. The van der Waals surface area contributed by atoms with Gasteiger partial charge in [0.15, 0.2) is 23.0 Å². The molecule has 0 spiro atoms. The van der Waals surface area contributed by atoms with Crippen molar-refractivity contribution in [3.05, 3.63) is 64.7 Å². The monoisotopic (exact) mass is 529 g/mol. The molecule has 2 aliphatic rings. The van der Waals surface area contributed by atoms with E-state index in [0.29, 0.717) is 29.0 Å². The molecule has 8 heteroatoms. The fourth-order valence-corrected chi connectivity index (χ4v) is 6.49. The normalized spacial score (nSPS) is 18.6. The Morgan fingerprint density at radius 2 is 1.33 bits per heavy atom. The van der Waals surface area contributed by atoms with Crippen LogP contribution in [0.2, 0.25) is 0 Å². The van der Waals surface area contributed by atoms with Gasteiger partial charge in [-0.3, -0.25) is 4.90 Å². The minimum atomic E-state index is -1.12. The van der Waals surface area contributed by atoms with E-state index in [2.05, 4.69) is 17.0 Å². The number of hydrogen-bond acceptors (Lipinski definition) is 7. The van der Waals surface area contributed by atoms with Gasteiger partial charge < -0.3 is 29.2 Å². The third kappa shape index (κ3) is 3.98. The first-order chi connectivity index (χ1) is 18.9. The standard InChI is InChI=1S/C31H31NO7/c1-36-27-10-20-19-9-18-7-17(16-5-6-26(33)24(8-16)31(34)35)14-32(18)15-25(19)23-13-30(39-4)29(38-3)12-22(23)21(20)11-28(27)37-2/h5-6,8,10-13,17-18,33H,7,9,14-15H2,1-4H3,(H,34,35). The Bertz CT molecular complexity index is 1540. The zero-order valence-corrected chi connectivity index (χ0v) is 22.4. The largest absolute Gasteiger partial charge is 0.507 e. The number of carboxylic acid groups (broad SMARTS) is 1. The lowest BCUT2D eigenvalue weighted by molar-refractivity contribution is 0.0693. The highest BCUT2D eigenvalue weighted by molar-refractivity contribution is 6.13. The van der Waals surface area contributed by atoms with Crippen molar-refractivity contribution in [2.75, 3.05) is 35.0 Å². The van der Waals surface area contributed by atoms with E-state index in [1.165, 1.54) is 17.2 Å². The SMILES string of the molecule is COc1cc2c3c(c4cc(OC)c(OC)cc4c2cc1OC)CN1CC(c2ccc(O)c(C(=O)O)c2)CC1C3. The first-order valence-corrected chi connectivity index (χ1v) is 12.9. The number of rotatable bonds is 6. The number of carboxylic acids is 1. The minimum absolute atomic E-state index is 0.0558. The number of nitrogens with zero attached hydrogens (tertiary/aromatic N) is 1. The number of phenols is 1. The Morgan fingerprint density at radius 3 is 1.87 bits per heavy atom. The van der Waals surface area contributed by atoms with Gasteiger partial charge in [-0.1, -0.05) is 6.07 Å². The van der Waals surface area contributed by atoms with Crippen LogP contribution in [0.15, 0.2) is 42.5 Å². The number of aromatic carboxylic acids is 1. The van der Waals surface area contributed by atoms with Gasteiger partial charge in [-0.2, -0.15) is 0 Å². The lowest BCUT2D eigenvalue weighted by Crippen LogP contribution is -2.35. The summed E-state index contributed by atoms with van der Waals surface area (Å²) in [6, 6.07) is 13.5. The van der Waals surface area contributed by atoms with Gasteiger partial charge >= 0.3 is 5.97 Å². The molecule has 0 radical (unpaired) electrons. The highest BCUT2D eigenvalue weighted by atomic mass is 16.5. The summed E-state index contributed by atoms with van der Waals surface area (Å²) in [5.41, 5.74) is 3.42. The number of aromatic hydroxyl groups is 1. The second kappa shape index (κ2) is 9.54. The van der Waals surface area contributed by atoms with Gasteiger partial charge in [-0.05, 0) is 93.4 Å². The molecule has 2 aliphatic heterocycles. The summed E-state index contributed by atoms with van der Waals surface area (Å²) < 4.78 is 22.7. The topological polar surface area (TPSA) is 97.7 Å². The molecule has 2 heterocycles. The van der Waals surface area contributed by atoms with Crippen molar-refractivity contribution in [3.8, 4) is 28.7 Å². The van der Waals surface area contributed by atoms with Crippen LogP contribution in [0.5, 0.6) is 28.7 Å². The van der Waals surface area contributed by atoms with E-state index in [-0.39, 0.29) is 17.2 Å². The van der Waals surface area contributed by atoms with Crippen LogP contribution < -0.4 is 18.9 Å². The van der Waals surface area contributed by atoms with Crippen molar-refractivity contribution in [2.24, 2.45) is 0 Å². The maximum Gasteiger partial charge on any atom is 0.339 e. The van der Waals surface area contributed by atoms with E-state index in [4.69, 9.17) is 18.9 Å². The highest BCUT2D eigenvalue weighted by Crippen LogP contribution is 2.47. The average Bonchev–Trinajstić information content (AvgIpc) is 3.38. The molecule has 4 aromatic rings. The molecule has 0 aliphatic carbocycles. The molecule has 8 nitrogen and oxygen atoms in total. The Balaban J connectivity index is 1.50. The molecule has 39 heavy (non-hydrogen) atoms. The number of ether oxygens (including phenoxy) is 4. The number of methoxy groups -OCH3 is 4. The summed E-state index contributed by atoms with van der Waals surface area (Å²) >= 11 is 0. The second-order valence-electron chi connectivity index (χ2n) is 10.3. The number of hydrogen-bond donors (Lipinski definition) is 2. The van der Waals surface area contributed by atoms with E-state index in [0.717, 1.165) is 53.0 Å². The van der Waals surface area contributed by atoms with Crippen molar-refractivity contribution >= 4 is 27.5 Å². The first kappa shape index (κ1) is 25.1. The Hall–Kier alpha value is -4.17. The minimum Gasteiger partial charge on any atom is -0.507 e. The lowest BCUT2D eigenvalue weighted by Gasteiger charge is -2.33. The molecule has 4 aromatic carbocycles. The molecule has 1 fully saturated rings. The predicted octanol–water partition coefficient (Wildman–Crippen LogP) is 5.35. The first-order valence-electron chi connectivity index (χ1n) is 12.9. The van der Waals surface area contributed by atoms with Crippen LogP contribution >= 0.6 is 0 Å². The van der Waals surface area contributed by atoms with E-state index < -0.39 is 5.97 Å². The van der Waals surface area contributed by atoms with Crippen LogP contribution in [0.25, 0.3) is 21.5 Å². The Morgan fingerprint density at radius 1 is 0.795 bits per heavy atom. The maximum atomic E-state index is 11.6. The van der Waals surface area contributed by atoms with E-state index >= 15 is 0 Å². The molecular formula is C31H31NO7. The van der Waals surface area contributed by atoms with Gasteiger partial charge in [0.2, 0.25) is 0 Å². The van der Waals surface area contributed by atoms with E-state index in [9.17, 15) is 15.0 Å². The van der Waals surface area contributed by atoms with Crippen molar-refractivity contribution in [1.29, 1.82) is 0 Å². The summed E-state index contributed by atoms with van der Waals surface area (Å²) in [6.07, 6.45) is 1.76. The molecule has 1 saturated heterocycles. The van der Waals surface area contributed by atoms with Crippen molar-refractivity contribution in [3.63, 3.8) is 0 Å². The molecule has 0 amide bonds. The van der Waals surface area contributed by atoms with Crippen LogP contribution in [0.3, 0.4) is 0 Å². The molecule has 0 aromatic heterocycles. The molecule has 2 unspecified atom stereocenters. The van der Waals surface area contributed by atoms with Crippen LogP contribution in [0.4, 0.5) is 0 Å². The van der Waals surface area contributed by atoms with Crippen LogP contribution in [0.1, 0.15) is 39.4 Å². The molecule has 6 rings (SSSR count). The fraction of sp³-hybridized carbons (Fsp3) is 0.323. The summed E-state index contributed by atoms with van der Waals surface area (Å²) in [5, 5.41) is 23.9. The van der Waals surface area contributed by atoms with Gasteiger partial charge in [-0.15, -0.1) is 0 Å². The lowest BCUT2D eigenvalue weighted by atomic mass is 9.84. The Labute approximate surface area is 226 Å². The number of fused-ring (bicyclic) bond motifs is 7. The van der Waals surface area contributed by atoms with Gasteiger partial charge in [-0.25, -0.2) is 4.79 Å². The quantitative estimate of drug-likeness (QED) is 0.323. The van der Waals surface area contributed by atoms with Crippen LogP contribution in [0, 0.1) is 0 Å². The maximum absolute atomic E-state index is 11.6. The predicted molar refractivity (Wildman–Crippen MR) is 148 cm³/mol. The molecule has 0 saturated carbocycles. The van der Waals surface area contributed by atoms with Gasteiger partial charge in [0.1, 0.15) is 11.3 Å².